The third-order valence-corrected chi connectivity index (χ3v) is 14.3. The lowest BCUT2D eigenvalue weighted by Gasteiger charge is -2.40. The van der Waals surface area contributed by atoms with Gasteiger partial charge in [-0.1, -0.05) is 89.9 Å². The quantitative estimate of drug-likeness (QED) is 0.0442. The van der Waals surface area contributed by atoms with E-state index in [1.165, 1.54) is 17.1 Å². The van der Waals surface area contributed by atoms with Crippen molar-refractivity contribution in [2.75, 3.05) is 67.9 Å². The van der Waals surface area contributed by atoms with E-state index >= 15 is 0 Å². The molecule has 0 bridgehead atoms. The fourth-order valence-corrected chi connectivity index (χ4v) is 10.0. The van der Waals surface area contributed by atoms with Crippen LogP contribution in [0.4, 0.5) is 5.69 Å². The molecule has 0 aromatic heterocycles. The summed E-state index contributed by atoms with van der Waals surface area (Å²) in [6.07, 6.45) is 5.98. The van der Waals surface area contributed by atoms with Crippen LogP contribution in [0.2, 0.25) is 0 Å². The molecule has 0 spiro atoms. The summed E-state index contributed by atoms with van der Waals surface area (Å²) in [6, 6.07) is 15.3. The average Bonchev–Trinajstić information content (AvgIpc) is 3.98. The van der Waals surface area contributed by atoms with Crippen LogP contribution in [0.25, 0.3) is 0 Å². The molecule has 2 aliphatic rings. The zero-order valence-corrected chi connectivity index (χ0v) is 45.6. The molecule has 1 saturated heterocycles. The molecule has 17 heteroatoms. The number of hydrogen-bond acceptors (Lipinski definition) is 10. The van der Waals surface area contributed by atoms with E-state index in [0.29, 0.717) is 69.8 Å². The highest BCUT2D eigenvalue weighted by Crippen LogP contribution is 2.31. The SMILES string of the molecule is CC[C@H](C)[C@@H]([C@@H](CC(=O)N1CCC[C@H]1[C@H](OC)[C@@H](C)C(=O)C[C@H](Cc1ccccc1)C(=O)Nc1ccc(CNC(=O)CCCCCN2C(=O)C=CC2=O)cc1)OC)N(C)C(=O)[C@@H](N=C(N(C)C)N(C)C)C(C)C. The van der Waals surface area contributed by atoms with Crippen LogP contribution < -0.4 is 10.6 Å². The molecule has 402 valence electrons. The number of likely N-dealkylation sites (tertiary alicyclic amines) is 1. The molecule has 17 nitrogen and oxygen atoms in total. The predicted octanol–water partition coefficient (Wildman–Crippen LogP) is 5.97. The second-order valence-corrected chi connectivity index (χ2v) is 20.5. The molecule has 73 heavy (non-hydrogen) atoms. The number of rotatable bonds is 28. The maximum atomic E-state index is 14.5. The summed E-state index contributed by atoms with van der Waals surface area (Å²) in [7, 11) is 12.5. The number of benzene rings is 2. The van der Waals surface area contributed by atoms with E-state index in [4.69, 9.17) is 14.5 Å². The Morgan fingerprint density at radius 1 is 0.808 bits per heavy atom. The van der Waals surface area contributed by atoms with Crippen LogP contribution in [0.3, 0.4) is 0 Å². The largest absolute Gasteiger partial charge is 0.379 e. The van der Waals surface area contributed by atoms with Crippen molar-refractivity contribution in [2.45, 2.75) is 136 Å². The number of nitrogens with one attached hydrogen (secondary N) is 2. The monoisotopic (exact) mass is 1010 g/mol. The second kappa shape index (κ2) is 29.1. The van der Waals surface area contributed by atoms with Crippen molar-refractivity contribution >= 4 is 52.9 Å². The Kier molecular flexibility index (Phi) is 23.7. The van der Waals surface area contributed by atoms with Crippen LogP contribution in [0.15, 0.2) is 71.7 Å². The van der Waals surface area contributed by atoms with E-state index in [2.05, 4.69) is 24.5 Å². The highest BCUT2D eigenvalue weighted by molar-refractivity contribution is 6.12. The number of ketones is 1. The first kappa shape index (κ1) is 59.6. The molecule has 2 aliphatic heterocycles. The first-order chi connectivity index (χ1) is 34.7. The van der Waals surface area contributed by atoms with Crippen LogP contribution in [-0.4, -0.2) is 165 Å². The molecular weight excluding hydrogens is 929 g/mol. The van der Waals surface area contributed by atoms with E-state index in [1.54, 1.807) is 38.3 Å². The van der Waals surface area contributed by atoms with Gasteiger partial charge in [-0.2, -0.15) is 0 Å². The Hall–Kier alpha value is -5.94. The van der Waals surface area contributed by atoms with Gasteiger partial charge < -0.3 is 39.7 Å². The number of carbonyl (C=O) groups excluding carboxylic acids is 7. The number of hydrogen-bond donors (Lipinski definition) is 2. The van der Waals surface area contributed by atoms with Crippen molar-refractivity contribution in [3.63, 3.8) is 0 Å². The van der Waals surface area contributed by atoms with E-state index in [-0.39, 0.29) is 71.9 Å². The van der Waals surface area contributed by atoms with Gasteiger partial charge in [0.05, 0.1) is 30.7 Å². The summed E-state index contributed by atoms with van der Waals surface area (Å²) >= 11 is 0. The molecule has 0 unspecified atom stereocenters. The van der Waals surface area contributed by atoms with Gasteiger partial charge in [-0.15, -0.1) is 0 Å². The van der Waals surface area contributed by atoms with E-state index in [0.717, 1.165) is 24.0 Å². The Bertz CT molecular complexity index is 2190. The normalized spacial score (nSPS) is 17.4. The molecule has 2 aromatic carbocycles. The first-order valence-electron chi connectivity index (χ1n) is 26.0. The fraction of sp³-hybridized carbons (Fsp3) is 0.607. The van der Waals surface area contributed by atoms with Crippen molar-refractivity contribution in [3.05, 3.63) is 77.9 Å². The summed E-state index contributed by atoms with van der Waals surface area (Å²) < 4.78 is 12.2. The number of unbranched alkanes of at least 4 members (excludes halogenated alkanes) is 2. The molecule has 6 amide bonds. The van der Waals surface area contributed by atoms with E-state index < -0.39 is 36.1 Å². The van der Waals surface area contributed by atoms with Gasteiger partial charge in [0.15, 0.2) is 5.96 Å². The van der Waals surface area contributed by atoms with Crippen LogP contribution in [-0.2, 0) is 56.0 Å². The van der Waals surface area contributed by atoms with Crippen molar-refractivity contribution in [3.8, 4) is 0 Å². The predicted molar refractivity (Wildman–Crippen MR) is 284 cm³/mol. The van der Waals surface area contributed by atoms with Crippen LogP contribution in [0.1, 0.15) is 104 Å². The summed E-state index contributed by atoms with van der Waals surface area (Å²) in [4.78, 5) is 107. The molecule has 0 saturated carbocycles. The van der Waals surface area contributed by atoms with Crippen molar-refractivity contribution in [1.82, 2.24) is 29.8 Å². The van der Waals surface area contributed by atoms with Gasteiger partial charge in [-0.3, -0.25) is 38.5 Å². The van der Waals surface area contributed by atoms with Crippen LogP contribution >= 0.6 is 0 Å². The number of guanidine groups is 1. The van der Waals surface area contributed by atoms with Gasteiger partial charge in [0.25, 0.3) is 11.8 Å². The van der Waals surface area contributed by atoms with E-state index in [1.807, 2.05) is 106 Å². The first-order valence-corrected chi connectivity index (χ1v) is 26.0. The molecule has 2 N–H and O–H groups in total. The number of nitrogens with zero attached hydrogens (tertiary/aromatic N) is 6. The molecule has 0 radical (unpaired) electrons. The Labute approximate surface area is 434 Å². The number of methoxy groups -OCH3 is 2. The molecule has 4 rings (SSSR count). The number of ether oxygens (including phenoxy) is 2. The van der Waals surface area contributed by atoms with Gasteiger partial charge in [0.2, 0.25) is 23.6 Å². The van der Waals surface area contributed by atoms with E-state index in [9.17, 15) is 33.6 Å². The Balaban J connectivity index is 1.40. The summed E-state index contributed by atoms with van der Waals surface area (Å²) in [6.45, 7) is 11.0. The fourth-order valence-electron chi connectivity index (χ4n) is 10.0. The van der Waals surface area contributed by atoms with Crippen LogP contribution in [0, 0.1) is 23.7 Å². The number of amides is 6. The van der Waals surface area contributed by atoms with Gasteiger partial charge in [-0.25, -0.2) is 4.99 Å². The number of imide groups is 1. The number of aliphatic imine (C=N–C) groups is 1. The second-order valence-electron chi connectivity index (χ2n) is 20.5. The van der Waals surface area contributed by atoms with Crippen molar-refractivity contribution in [1.29, 1.82) is 0 Å². The molecule has 0 aliphatic carbocycles. The Morgan fingerprint density at radius 3 is 2.03 bits per heavy atom. The number of likely N-dealkylation sites (N-methyl/N-ethyl adjacent to an activating group) is 1. The lowest BCUT2D eigenvalue weighted by Crippen LogP contribution is -2.55. The Morgan fingerprint density at radius 2 is 1.45 bits per heavy atom. The molecule has 2 heterocycles. The molecule has 1 fully saturated rings. The number of carbonyl (C=O) groups is 7. The smallest absolute Gasteiger partial charge is 0.253 e. The van der Waals surface area contributed by atoms with Gasteiger partial charge >= 0.3 is 0 Å². The third-order valence-electron chi connectivity index (χ3n) is 14.3. The third kappa shape index (κ3) is 17.1. The minimum atomic E-state index is -0.707. The van der Waals surface area contributed by atoms with Gasteiger partial charge in [0, 0.05) is 112 Å². The standard InChI is InChI=1S/C56H84N8O9/c1-13-38(4)52(62(10)55(71)51(37(2)3)59-56(60(6)7)61(8)9)46(72-11)35-50(69)63-32-20-23-44(63)53(73-12)39(5)45(65)34-42(33-40-21-16-14-17-22-40)54(70)58-43-27-25-41(26-28-43)36-57-47(66)24-18-15-19-31-64-48(67)29-30-49(64)68/h14,16-17,21-22,25-30,37-39,42,44,46,51-53H,13,15,18-20,23-24,31-36H2,1-12H3,(H,57,66)(H,58,70)/t38-,39-,42-,44-,46+,51-,52-,53+/m0/s1. The summed E-state index contributed by atoms with van der Waals surface area (Å²) in [5, 5.41) is 5.94. The van der Waals surface area contributed by atoms with Crippen molar-refractivity contribution in [2.24, 2.45) is 28.7 Å². The van der Waals surface area contributed by atoms with Gasteiger partial charge in [0.1, 0.15) is 11.8 Å². The zero-order chi connectivity index (χ0) is 53.9. The highest BCUT2D eigenvalue weighted by Gasteiger charge is 2.43. The number of Topliss-reactive ketones (excluding diaryl/α,β-unsaturated/α-hetero) is 1. The van der Waals surface area contributed by atoms with Gasteiger partial charge in [-0.05, 0) is 67.2 Å². The number of anilines is 1. The average molecular weight is 1010 g/mol. The highest BCUT2D eigenvalue weighted by atomic mass is 16.5. The minimum absolute atomic E-state index is 0.00780. The lowest BCUT2D eigenvalue weighted by molar-refractivity contribution is -0.146. The molecular formula is C56H84N8O9. The van der Waals surface area contributed by atoms with Crippen LogP contribution in [0.5, 0.6) is 0 Å². The summed E-state index contributed by atoms with van der Waals surface area (Å²) in [5.74, 6) is -2.24. The summed E-state index contributed by atoms with van der Waals surface area (Å²) in [5.41, 5.74) is 2.31. The maximum Gasteiger partial charge on any atom is 0.253 e. The molecule has 8 atom stereocenters. The maximum absolute atomic E-state index is 14.5. The zero-order valence-electron chi connectivity index (χ0n) is 45.6. The minimum Gasteiger partial charge on any atom is -0.379 e. The topological polar surface area (TPSA) is 191 Å². The lowest BCUT2D eigenvalue weighted by atomic mass is 9.85. The van der Waals surface area contributed by atoms with Crippen molar-refractivity contribution < 1.29 is 43.0 Å². The molecule has 2 aromatic rings.